The second-order valence-electron chi connectivity index (χ2n) is 11.5. The molecule has 6 aromatic carbocycles. The van der Waals surface area contributed by atoms with Crippen LogP contribution in [0.15, 0.2) is 178 Å². The molecule has 1 heterocycles. The van der Waals surface area contributed by atoms with Crippen LogP contribution in [0.5, 0.6) is 0 Å². The zero-order valence-electron chi connectivity index (χ0n) is 26.6. The molecular formula is C43H33N5O. The van der Waals surface area contributed by atoms with Gasteiger partial charge in [0.1, 0.15) is 11.2 Å². The van der Waals surface area contributed by atoms with Crippen molar-refractivity contribution in [2.75, 3.05) is 0 Å². The van der Waals surface area contributed by atoms with Gasteiger partial charge >= 0.3 is 0 Å². The van der Waals surface area contributed by atoms with Crippen LogP contribution in [0.3, 0.4) is 0 Å². The van der Waals surface area contributed by atoms with Crippen LogP contribution in [-0.2, 0) is 0 Å². The third-order valence-corrected chi connectivity index (χ3v) is 8.22. The lowest BCUT2D eigenvalue weighted by Gasteiger charge is -2.09. The Hall–Kier alpha value is -6.79. The zero-order valence-corrected chi connectivity index (χ0v) is 26.6. The van der Waals surface area contributed by atoms with E-state index in [1.165, 1.54) is 0 Å². The van der Waals surface area contributed by atoms with Gasteiger partial charge in [0.15, 0.2) is 11.7 Å². The molecular weight excluding hydrogens is 603 g/mol. The molecule has 0 spiro atoms. The first kappa shape index (κ1) is 30.8. The van der Waals surface area contributed by atoms with Crippen molar-refractivity contribution in [3.8, 4) is 11.1 Å². The van der Waals surface area contributed by atoms with E-state index in [1.807, 2.05) is 164 Å². The van der Waals surface area contributed by atoms with E-state index in [4.69, 9.17) is 25.9 Å². The Bertz CT molecular complexity index is 2390. The Morgan fingerprint density at radius 1 is 0.571 bits per heavy atom. The number of furan rings is 1. The predicted molar refractivity (Wildman–Crippen MR) is 204 cm³/mol. The van der Waals surface area contributed by atoms with Gasteiger partial charge in [0, 0.05) is 45.1 Å². The number of allylic oxidation sites excluding steroid dienone is 2. The van der Waals surface area contributed by atoms with Crippen molar-refractivity contribution < 1.29 is 4.42 Å². The van der Waals surface area contributed by atoms with Crippen LogP contribution in [-0.4, -0.2) is 17.9 Å². The second kappa shape index (κ2) is 13.9. The summed E-state index contributed by atoms with van der Waals surface area (Å²) < 4.78 is 6.41. The number of nitrogens with one attached hydrogen (secondary N) is 1. The summed E-state index contributed by atoms with van der Waals surface area (Å²) >= 11 is 0. The van der Waals surface area contributed by atoms with Gasteiger partial charge in [-0.15, -0.1) is 0 Å². The monoisotopic (exact) mass is 635 g/mol. The van der Waals surface area contributed by atoms with Crippen LogP contribution in [0.4, 0.5) is 0 Å². The summed E-state index contributed by atoms with van der Waals surface area (Å²) in [4.78, 5) is 9.48. The first-order valence-electron chi connectivity index (χ1n) is 15.9. The van der Waals surface area contributed by atoms with Crippen molar-refractivity contribution in [1.82, 2.24) is 0 Å². The average molecular weight is 636 g/mol. The summed E-state index contributed by atoms with van der Waals surface area (Å²) in [7, 11) is 0. The lowest BCUT2D eigenvalue weighted by Crippen LogP contribution is -2.05. The molecule has 0 unspecified atom stereocenters. The largest absolute Gasteiger partial charge is 0.455 e. The Morgan fingerprint density at radius 3 is 1.82 bits per heavy atom. The molecule has 0 radical (unpaired) electrons. The average Bonchev–Trinajstić information content (AvgIpc) is 3.55. The smallest absolute Gasteiger partial charge is 0.161 e. The minimum absolute atomic E-state index is 0.0871. The maximum atomic E-state index is 9.19. The van der Waals surface area contributed by atoms with Gasteiger partial charge in [-0.05, 0) is 52.6 Å². The summed E-state index contributed by atoms with van der Waals surface area (Å²) in [5.74, 6) is 0.533. The molecule has 0 saturated heterocycles. The Balaban J connectivity index is 1.28. The number of para-hydroxylation sites is 1. The molecule has 6 heteroatoms. The number of aliphatic imine (C=N–C) groups is 2. The second-order valence-corrected chi connectivity index (χ2v) is 11.5. The summed E-state index contributed by atoms with van der Waals surface area (Å²) in [6.07, 6.45) is 5.41. The first-order chi connectivity index (χ1) is 24.0. The third-order valence-electron chi connectivity index (χ3n) is 8.22. The number of fused-ring (bicyclic) bond motifs is 3. The predicted octanol–water partition coefficient (Wildman–Crippen LogP) is 9.44. The van der Waals surface area contributed by atoms with Gasteiger partial charge in [-0.25, -0.2) is 9.98 Å². The maximum Gasteiger partial charge on any atom is 0.161 e. The van der Waals surface area contributed by atoms with Gasteiger partial charge in [0.2, 0.25) is 0 Å². The van der Waals surface area contributed by atoms with Crippen molar-refractivity contribution in [1.29, 1.82) is 5.41 Å². The van der Waals surface area contributed by atoms with Crippen molar-refractivity contribution in [2.24, 2.45) is 21.5 Å². The fraction of sp³-hybridized carbons (Fsp3) is 0. The minimum atomic E-state index is 0.0871. The standard InChI is InChI=1S/C43H33N5O/c44-38(31-14-6-2-7-15-31)24-25-39(45)32-22-20-30(21-23-32)36-26-34(27-37-35-18-10-11-19-40(35)49-41(36)37)42(46)48-43(33-16-8-3-9-17-33)47-28-29-12-4-1-5-13-29/h1-28,46H,44-45H2/b38-24-,39-25-,46-42?,47-28+,48-43-. The summed E-state index contributed by atoms with van der Waals surface area (Å²) in [5.41, 5.74) is 21.4. The number of hydrogen-bond acceptors (Lipinski definition) is 4. The highest BCUT2D eigenvalue weighted by molar-refractivity contribution is 6.17. The molecule has 0 aliphatic rings. The molecule has 7 aromatic rings. The number of nitrogens with two attached hydrogens (primary N) is 2. The van der Waals surface area contributed by atoms with Crippen molar-refractivity contribution in [2.45, 2.75) is 0 Å². The van der Waals surface area contributed by atoms with E-state index in [1.54, 1.807) is 6.21 Å². The number of amidine groups is 2. The Labute approximate surface area is 284 Å². The fourth-order valence-corrected chi connectivity index (χ4v) is 5.62. The lowest BCUT2D eigenvalue weighted by molar-refractivity contribution is 0.670. The van der Waals surface area contributed by atoms with E-state index in [0.29, 0.717) is 22.8 Å². The first-order valence-corrected chi connectivity index (χ1v) is 15.9. The molecule has 1 aromatic heterocycles. The number of benzene rings is 6. The van der Waals surface area contributed by atoms with Gasteiger partial charge in [-0.3, -0.25) is 5.41 Å². The van der Waals surface area contributed by atoms with Gasteiger partial charge in [0.05, 0.1) is 0 Å². The fourth-order valence-electron chi connectivity index (χ4n) is 5.62. The van der Waals surface area contributed by atoms with E-state index in [2.05, 4.69) is 0 Å². The molecule has 7 rings (SSSR count). The van der Waals surface area contributed by atoms with Crippen LogP contribution in [0.2, 0.25) is 0 Å². The number of rotatable bonds is 7. The summed E-state index contributed by atoms with van der Waals surface area (Å²) in [6, 6.07) is 49.2. The normalized spacial score (nSPS) is 12.6. The molecule has 5 N–H and O–H groups in total. The van der Waals surface area contributed by atoms with E-state index in [0.717, 1.165) is 55.3 Å². The molecule has 0 aliphatic carbocycles. The van der Waals surface area contributed by atoms with Crippen molar-refractivity contribution in [3.05, 3.63) is 192 Å². The summed E-state index contributed by atoms with van der Waals surface area (Å²) in [5, 5.41) is 11.1. The molecule has 49 heavy (non-hydrogen) atoms. The summed E-state index contributed by atoms with van der Waals surface area (Å²) in [6.45, 7) is 0. The highest BCUT2D eigenvalue weighted by atomic mass is 16.3. The van der Waals surface area contributed by atoms with Crippen LogP contribution in [0.1, 0.15) is 27.8 Å². The van der Waals surface area contributed by atoms with E-state index in [9.17, 15) is 5.41 Å². The minimum Gasteiger partial charge on any atom is -0.455 e. The molecule has 0 fully saturated rings. The van der Waals surface area contributed by atoms with Crippen LogP contribution in [0, 0.1) is 5.41 Å². The van der Waals surface area contributed by atoms with E-state index in [-0.39, 0.29) is 5.84 Å². The topological polar surface area (TPSA) is 114 Å². The number of hydrogen-bond donors (Lipinski definition) is 3. The third kappa shape index (κ3) is 6.84. The molecule has 0 atom stereocenters. The molecule has 0 amide bonds. The molecule has 0 aliphatic heterocycles. The van der Waals surface area contributed by atoms with Crippen LogP contribution < -0.4 is 11.5 Å². The van der Waals surface area contributed by atoms with Crippen molar-refractivity contribution >= 4 is 51.2 Å². The Kier molecular flexibility index (Phi) is 8.76. The van der Waals surface area contributed by atoms with Crippen LogP contribution in [0.25, 0.3) is 44.5 Å². The zero-order chi connectivity index (χ0) is 33.6. The highest BCUT2D eigenvalue weighted by Crippen LogP contribution is 2.37. The number of nitrogens with zero attached hydrogens (tertiary/aromatic N) is 2. The molecule has 6 nitrogen and oxygen atoms in total. The highest BCUT2D eigenvalue weighted by Gasteiger charge is 2.17. The quantitative estimate of drug-likeness (QED) is 0.0921. The van der Waals surface area contributed by atoms with Gasteiger partial charge in [-0.1, -0.05) is 133 Å². The van der Waals surface area contributed by atoms with Gasteiger partial charge < -0.3 is 15.9 Å². The SMILES string of the molecule is N=C(/N=C(\N=C\c1ccccc1)c1ccccc1)c1cc(-c2ccc(/C(N)=C/C=C(\N)c3ccccc3)cc2)c2oc3ccccc3c2c1. The lowest BCUT2D eigenvalue weighted by atomic mass is 9.97. The van der Waals surface area contributed by atoms with E-state index >= 15 is 0 Å². The molecule has 0 saturated carbocycles. The molecule has 0 bridgehead atoms. The van der Waals surface area contributed by atoms with E-state index < -0.39 is 0 Å². The van der Waals surface area contributed by atoms with Gasteiger partial charge in [-0.2, -0.15) is 0 Å². The molecule has 236 valence electrons. The van der Waals surface area contributed by atoms with Crippen LogP contribution >= 0.6 is 0 Å². The maximum absolute atomic E-state index is 9.19. The van der Waals surface area contributed by atoms with Crippen molar-refractivity contribution in [3.63, 3.8) is 0 Å². The Morgan fingerprint density at radius 2 is 1.14 bits per heavy atom. The van der Waals surface area contributed by atoms with Gasteiger partial charge in [0.25, 0.3) is 0 Å².